The van der Waals surface area contributed by atoms with Crippen LogP contribution in [0.15, 0.2) is 42.5 Å². The fourth-order valence-electron chi connectivity index (χ4n) is 3.28. The second-order valence-electron chi connectivity index (χ2n) is 6.58. The van der Waals surface area contributed by atoms with Crippen molar-refractivity contribution < 1.29 is 24.2 Å². The predicted molar refractivity (Wildman–Crippen MR) is 99.8 cm³/mol. The molecule has 0 saturated heterocycles. The highest BCUT2D eigenvalue weighted by molar-refractivity contribution is 5.94. The van der Waals surface area contributed by atoms with Crippen LogP contribution in [-0.4, -0.2) is 30.2 Å². The van der Waals surface area contributed by atoms with Gasteiger partial charge in [-0.25, -0.2) is 4.79 Å². The molecule has 1 aliphatic rings. The molecule has 1 amide bonds. The summed E-state index contributed by atoms with van der Waals surface area (Å²) in [5, 5.41) is 12.9. The average molecular weight is 369 g/mol. The Labute approximate surface area is 158 Å². The third-order valence-corrected chi connectivity index (χ3v) is 4.76. The number of carbonyl (C=O) groups is 2. The summed E-state index contributed by atoms with van der Waals surface area (Å²) in [7, 11) is 1.46. The van der Waals surface area contributed by atoms with Crippen molar-refractivity contribution in [3.63, 3.8) is 0 Å². The minimum absolute atomic E-state index is 0.0153. The third-order valence-electron chi connectivity index (χ3n) is 4.76. The highest BCUT2D eigenvalue weighted by atomic mass is 16.5. The maximum atomic E-state index is 12.5. The van der Waals surface area contributed by atoms with Gasteiger partial charge in [0.05, 0.1) is 13.2 Å². The van der Waals surface area contributed by atoms with E-state index in [1.807, 2.05) is 18.2 Å². The summed E-state index contributed by atoms with van der Waals surface area (Å²) in [6.45, 7) is 1.52. The molecule has 0 saturated carbocycles. The number of fused-ring (bicyclic) bond motifs is 1. The molecular formula is C21H23NO5. The first-order valence-corrected chi connectivity index (χ1v) is 8.95. The van der Waals surface area contributed by atoms with Crippen LogP contribution in [0.1, 0.15) is 47.3 Å². The van der Waals surface area contributed by atoms with E-state index in [9.17, 15) is 14.7 Å². The van der Waals surface area contributed by atoms with Crippen LogP contribution in [0, 0.1) is 0 Å². The molecule has 0 fully saturated rings. The number of amides is 1. The van der Waals surface area contributed by atoms with E-state index >= 15 is 0 Å². The SMILES string of the molecule is COc1ccc(C(=O)O[C@H](C)C(=O)N[C@@H]2CCCc3ccccc32)c(O)c1. The van der Waals surface area contributed by atoms with E-state index in [4.69, 9.17) is 9.47 Å². The molecule has 2 aromatic carbocycles. The van der Waals surface area contributed by atoms with Crippen LogP contribution < -0.4 is 10.1 Å². The number of esters is 1. The van der Waals surface area contributed by atoms with Crippen LogP contribution in [0.2, 0.25) is 0 Å². The highest BCUT2D eigenvalue weighted by Gasteiger charge is 2.26. The van der Waals surface area contributed by atoms with Crippen LogP contribution in [-0.2, 0) is 16.0 Å². The second-order valence-corrected chi connectivity index (χ2v) is 6.58. The van der Waals surface area contributed by atoms with Crippen molar-refractivity contribution in [2.24, 2.45) is 0 Å². The summed E-state index contributed by atoms with van der Waals surface area (Å²) < 4.78 is 10.2. The van der Waals surface area contributed by atoms with Gasteiger partial charge in [0.2, 0.25) is 0 Å². The van der Waals surface area contributed by atoms with Crippen molar-refractivity contribution >= 4 is 11.9 Å². The minimum Gasteiger partial charge on any atom is -0.507 e. The molecule has 0 aromatic heterocycles. The van der Waals surface area contributed by atoms with Gasteiger partial charge in [-0.1, -0.05) is 24.3 Å². The Bertz CT molecular complexity index is 848. The fraction of sp³-hybridized carbons (Fsp3) is 0.333. The molecule has 142 valence electrons. The van der Waals surface area contributed by atoms with E-state index in [-0.39, 0.29) is 23.3 Å². The zero-order chi connectivity index (χ0) is 19.4. The van der Waals surface area contributed by atoms with Gasteiger partial charge in [0.1, 0.15) is 17.1 Å². The standard InChI is InChI=1S/C21H23NO5/c1-13(27-21(25)17-11-10-15(26-2)12-19(17)23)20(24)22-18-9-5-7-14-6-3-4-8-16(14)18/h3-4,6,8,10-13,18,23H,5,7,9H2,1-2H3,(H,22,24)/t13-,18-/m1/s1. The Hall–Kier alpha value is -3.02. The van der Waals surface area contributed by atoms with Crippen molar-refractivity contribution in [2.75, 3.05) is 7.11 Å². The van der Waals surface area contributed by atoms with E-state index in [1.54, 1.807) is 6.07 Å². The summed E-state index contributed by atoms with van der Waals surface area (Å²) in [5.74, 6) is -0.959. The molecule has 0 radical (unpaired) electrons. The van der Waals surface area contributed by atoms with Crippen LogP contribution in [0.25, 0.3) is 0 Å². The molecule has 2 N–H and O–H groups in total. The molecule has 0 unspecified atom stereocenters. The lowest BCUT2D eigenvalue weighted by Gasteiger charge is -2.27. The summed E-state index contributed by atoms with van der Waals surface area (Å²) in [4.78, 5) is 24.8. The number of phenolic OH excluding ortho intramolecular Hbond substituents is 1. The summed E-state index contributed by atoms with van der Waals surface area (Å²) in [6, 6.07) is 12.2. The number of benzene rings is 2. The molecule has 2 aromatic rings. The van der Waals surface area contributed by atoms with E-state index < -0.39 is 12.1 Å². The normalized spacial score (nSPS) is 16.7. The molecule has 6 nitrogen and oxygen atoms in total. The number of methoxy groups -OCH3 is 1. The largest absolute Gasteiger partial charge is 0.507 e. The third kappa shape index (κ3) is 4.22. The summed E-state index contributed by atoms with van der Waals surface area (Å²) >= 11 is 0. The fourth-order valence-corrected chi connectivity index (χ4v) is 3.28. The first-order valence-electron chi connectivity index (χ1n) is 8.95. The Morgan fingerprint density at radius 2 is 2.00 bits per heavy atom. The number of hydrogen-bond donors (Lipinski definition) is 2. The minimum atomic E-state index is -0.979. The van der Waals surface area contributed by atoms with Gasteiger partial charge < -0.3 is 19.9 Å². The number of aryl methyl sites for hydroxylation is 1. The number of phenols is 1. The highest BCUT2D eigenvalue weighted by Crippen LogP contribution is 2.29. The predicted octanol–water partition coefficient (Wildman–Crippen LogP) is 3.14. The van der Waals surface area contributed by atoms with Gasteiger partial charge in [0.15, 0.2) is 6.10 Å². The van der Waals surface area contributed by atoms with E-state index in [2.05, 4.69) is 11.4 Å². The number of ether oxygens (including phenoxy) is 2. The van der Waals surface area contributed by atoms with Gasteiger partial charge in [-0.3, -0.25) is 4.79 Å². The maximum absolute atomic E-state index is 12.5. The van der Waals surface area contributed by atoms with Crippen molar-refractivity contribution in [3.8, 4) is 11.5 Å². The van der Waals surface area contributed by atoms with Crippen LogP contribution >= 0.6 is 0 Å². The van der Waals surface area contributed by atoms with Crippen molar-refractivity contribution in [3.05, 3.63) is 59.2 Å². The van der Waals surface area contributed by atoms with Gasteiger partial charge in [-0.05, 0) is 49.4 Å². The van der Waals surface area contributed by atoms with Gasteiger partial charge >= 0.3 is 5.97 Å². The second kappa shape index (κ2) is 8.12. The molecule has 2 atom stereocenters. The van der Waals surface area contributed by atoms with Crippen LogP contribution in [0.5, 0.6) is 11.5 Å². The number of nitrogens with one attached hydrogen (secondary N) is 1. The Balaban J connectivity index is 1.64. The van der Waals surface area contributed by atoms with E-state index in [0.717, 1.165) is 24.8 Å². The lowest BCUT2D eigenvalue weighted by atomic mass is 9.87. The molecule has 0 heterocycles. The maximum Gasteiger partial charge on any atom is 0.342 e. The molecule has 3 rings (SSSR count). The van der Waals surface area contributed by atoms with Gasteiger partial charge in [0.25, 0.3) is 5.91 Å². The van der Waals surface area contributed by atoms with E-state index in [0.29, 0.717) is 5.75 Å². The first kappa shape index (κ1) is 18.8. The molecule has 6 heteroatoms. The topological polar surface area (TPSA) is 84.9 Å². The Morgan fingerprint density at radius 3 is 2.74 bits per heavy atom. The van der Waals surface area contributed by atoms with E-state index in [1.165, 1.54) is 31.7 Å². The molecule has 0 spiro atoms. The average Bonchev–Trinajstić information content (AvgIpc) is 2.67. The lowest BCUT2D eigenvalue weighted by Crippen LogP contribution is -2.39. The monoisotopic (exact) mass is 369 g/mol. The Kier molecular flexibility index (Phi) is 5.64. The lowest BCUT2D eigenvalue weighted by molar-refractivity contribution is -0.130. The van der Waals surface area contributed by atoms with Gasteiger partial charge in [-0.15, -0.1) is 0 Å². The number of carbonyl (C=O) groups excluding carboxylic acids is 2. The van der Waals surface area contributed by atoms with Crippen molar-refractivity contribution in [1.82, 2.24) is 5.32 Å². The summed E-state index contributed by atoms with van der Waals surface area (Å²) in [5.41, 5.74) is 2.34. The molecule has 27 heavy (non-hydrogen) atoms. The van der Waals surface area contributed by atoms with Crippen LogP contribution in [0.4, 0.5) is 0 Å². The molecular weight excluding hydrogens is 346 g/mol. The van der Waals surface area contributed by atoms with Crippen LogP contribution in [0.3, 0.4) is 0 Å². The summed E-state index contributed by atoms with van der Waals surface area (Å²) in [6.07, 6.45) is 1.87. The zero-order valence-corrected chi connectivity index (χ0v) is 15.4. The van der Waals surface area contributed by atoms with Gasteiger partial charge in [0, 0.05) is 6.07 Å². The molecule has 0 bridgehead atoms. The van der Waals surface area contributed by atoms with Gasteiger partial charge in [-0.2, -0.15) is 0 Å². The number of hydrogen-bond acceptors (Lipinski definition) is 5. The number of rotatable bonds is 5. The molecule has 0 aliphatic heterocycles. The molecule has 1 aliphatic carbocycles. The first-order chi connectivity index (χ1) is 13.0. The number of aromatic hydroxyl groups is 1. The zero-order valence-electron chi connectivity index (χ0n) is 15.4. The van der Waals surface area contributed by atoms with Crippen molar-refractivity contribution in [1.29, 1.82) is 0 Å². The smallest absolute Gasteiger partial charge is 0.342 e. The quantitative estimate of drug-likeness (QED) is 0.791. The van der Waals surface area contributed by atoms with Crippen molar-refractivity contribution in [2.45, 2.75) is 38.3 Å². The Morgan fingerprint density at radius 1 is 1.22 bits per heavy atom.